The maximum Gasteiger partial charge on any atom is 0.123 e. The zero-order valence-electron chi connectivity index (χ0n) is 21.9. The van der Waals surface area contributed by atoms with Crippen molar-refractivity contribution in [1.82, 2.24) is 20.0 Å². The Balaban J connectivity index is 1.42. The smallest absolute Gasteiger partial charge is 0.123 e. The van der Waals surface area contributed by atoms with Crippen LogP contribution in [0.4, 0.5) is 15.8 Å². The molecule has 0 saturated heterocycles. The van der Waals surface area contributed by atoms with E-state index in [1.54, 1.807) is 18.3 Å². The van der Waals surface area contributed by atoms with Gasteiger partial charge in [-0.15, -0.1) is 5.10 Å². The molecule has 9 heteroatoms. The highest BCUT2D eigenvalue weighted by Crippen LogP contribution is 2.38. The minimum atomic E-state index is -0.367. The van der Waals surface area contributed by atoms with E-state index in [9.17, 15) is 9.65 Å². The molecule has 0 spiro atoms. The number of nitrogens with zero attached hydrogens (tertiary/aromatic N) is 5. The third kappa shape index (κ3) is 5.27. The first-order valence-corrected chi connectivity index (χ1v) is 14.1. The Kier molecular flexibility index (Phi) is 7.18. The van der Waals surface area contributed by atoms with Gasteiger partial charge >= 0.3 is 0 Å². The van der Waals surface area contributed by atoms with Gasteiger partial charge in [-0.3, -0.25) is 4.98 Å². The number of benzene rings is 3. The standard InChI is InChI=1S/C31H27BrFN7/c1-2-27(19-6-4-3-5-7-19)37-29-21(16-34)17-35-31-25(29)14-23(15-26(31)32)36-30(20-8-10-22(33)11-9-20)28-18-40(39-38-28)24-12-13-24/h3-11,14-15,17-18,24,27,30,36H,2,12-13H2,1H3,(H,35,37)/t27-,30?/m1/s1. The lowest BCUT2D eigenvalue weighted by atomic mass is 10.0. The van der Waals surface area contributed by atoms with E-state index in [0.717, 1.165) is 62.8 Å². The number of hydrogen-bond donors (Lipinski definition) is 2. The Morgan fingerprint density at radius 3 is 2.55 bits per heavy atom. The average molecular weight is 597 g/mol. The predicted molar refractivity (Wildman–Crippen MR) is 157 cm³/mol. The van der Waals surface area contributed by atoms with Crippen molar-refractivity contribution in [2.45, 2.75) is 44.3 Å². The second-order valence-electron chi connectivity index (χ2n) is 10.0. The number of aromatic nitrogens is 4. The quantitative estimate of drug-likeness (QED) is 0.181. The molecule has 1 aliphatic carbocycles. The van der Waals surface area contributed by atoms with Crippen molar-refractivity contribution in [3.8, 4) is 6.07 Å². The van der Waals surface area contributed by atoms with Crippen molar-refractivity contribution < 1.29 is 4.39 Å². The molecule has 1 fully saturated rings. The van der Waals surface area contributed by atoms with Gasteiger partial charge in [0, 0.05) is 21.7 Å². The molecule has 6 rings (SSSR count). The third-order valence-electron chi connectivity index (χ3n) is 7.23. The molecule has 2 atom stereocenters. The lowest BCUT2D eigenvalue weighted by Gasteiger charge is -2.22. The Morgan fingerprint density at radius 2 is 1.85 bits per heavy atom. The average Bonchev–Trinajstić information content (AvgIpc) is 3.72. The van der Waals surface area contributed by atoms with E-state index >= 15 is 0 Å². The molecule has 1 aliphatic rings. The van der Waals surface area contributed by atoms with Gasteiger partial charge < -0.3 is 10.6 Å². The fourth-order valence-electron chi connectivity index (χ4n) is 4.95. The molecule has 7 nitrogen and oxygen atoms in total. The summed E-state index contributed by atoms with van der Waals surface area (Å²) in [6, 6.07) is 22.9. The summed E-state index contributed by atoms with van der Waals surface area (Å²) >= 11 is 3.71. The first-order chi connectivity index (χ1) is 19.5. The molecule has 5 aromatic rings. The maximum absolute atomic E-state index is 13.8. The number of nitriles is 1. The highest BCUT2D eigenvalue weighted by molar-refractivity contribution is 9.10. The molecule has 0 amide bonds. The van der Waals surface area contributed by atoms with Crippen LogP contribution in [0.3, 0.4) is 0 Å². The van der Waals surface area contributed by atoms with Crippen LogP contribution in [0.5, 0.6) is 0 Å². The van der Waals surface area contributed by atoms with Crippen LogP contribution in [0.1, 0.15) is 66.7 Å². The second-order valence-corrected chi connectivity index (χ2v) is 10.9. The molecule has 1 unspecified atom stereocenters. The van der Waals surface area contributed by atoms with Gasteiger partial charge in [-0.1, -0.05) is 54.6 Å². The molecular weight excluding hydrogens is 569 g/mol. The summed E-state index contributed by atoms with van der Waals surface area (Å²) in [5.41, 5.74) is 5.47. The molecular formula is C31H27BrFN7. The highest BCUT2D eigenvalue weighted by atomic mass is 79.9. The lowest BCUT2D eigenvalue weighted by molar-refractivity contribution is 0.610. The van der Waals surface area contributed by atoms with Gasteiger partial charge in [0.2, 0.25) is 0 Å². The normalized spacial score (nSPS) is 14.4. The molecule has 2 aromatic heterocycles. The summed E-state index contributed by atoms with van der Waals surface area (Å²) in [7, 11) is 0. The van der Waals surface area contributed by atoms with E-state index in [2.05, 4.69) is 67.0 Å². The zero-order chi connectivity index (χ0) is 27.6. The Bertz CT molecular complexity index is 1690. The van der Waals surface area contributed by atoms with E-state index < -0.39 is 0 Å². The summed E-state index contributed by atoms with van der Waals surface area (Å²) in [6.07, 6.45) is 6.60. The van der Waals surface area contributed by atoms with E-state index in [1.807, 2.05) is 41.2 Å². The van der Waals surface area contributed by atoms with Crippen LogP contribution < -0.4 is 10.6 Å². The fraction of sp³-hybridized carbons (Fsp3) is 0.226. The van der Waals surface area contributed by atoms with Gasteiger partial charge in [0.25, 0.3) is 0 Å². The maximum atomic E-state index is 13.8. The zero-order valence-corrected chi connectivity index (χ0v) is 23.4. The summed E-state index contributed by atoms with van der Waals surface area (Å²) in [5.74, 6) is -0.299. The lowest BCUT2D eigenvalue weighted by Crippen LogP contribution is -2.14. The largest absolute Gasteiger partial charge is 0.377 e. The summed E-state index contributed by atoms with van der Waals surface area (Å²) in [5, 5.41) is 26.8. The second kappa shape index (κ2) is 11.1. The van der Waals surface area contributed by atoms with E-state index in [4.69, 9.17) is 0 Å². The van der Waals surface area contributed by atoms with Crippen LogP contribution in [0, 0.1) is 17.1 Å². The Hall–Kier alpha value is -4.29. The number of pyridine rings is 1. The molecule has 3 aromatic carbocycles. The van der Waals surface area contributed by atoms with Crippen molar-refractivity contribution in [3.05, 3.63) is 112 Å². The molecule has 40 heavy (non-hydrogen) atoms. The number of rotatable bonds is 9. The predicted octanol–water partition coefficient (Wildman–Crippen LogP) is 7.70. The SMILES string of the molecule is CC[C@@H](Nc1c(C#N)cnc2c(Br)cc(NC(c3ccc(F)cc3)c3cn(C4CC4)nn3)cc12)c1ccccc1. The number of hydrogen-bond acceptors (Lipinski definition) is 6. The van der Waals surface area contributed by atoms with Crippen LogP contribution in [-0.2, 0) is 0 Å². The van der Waals surface area contributed by atoms with Gasteiger partial charge in [0.15, 0.2) is 0 Å². The molecule has 0 aliphatic heterocycles. The van der Waals surface area contributed by atoms with Gasteiger partial charge in [-0.25, -0.2) is 9.07 Å². The first-order valence-electron chi connectivity index (χ1n) is 13.3. The van der Waals surface area contributed by atoms with Crippen molar-refractivity contribution in [3.63, 3.8) is 0 Å². The van der Waals surface area contributed by atoms with E-state index in [-0.39, 0.29) is 17.9 Å². The van der Waals surface area contributed by atoms with E-state index in [0.29, 0.717) is 11.6 Å². The first kappa shape index (κ1) is 26.0. The topological polar surface area (TPSA) is 91.5 Å². The van der Waals surface area contributed by atoms with Crippen LogP contribution in [0.2, 0.25) is 0 Å². The van der Waals surface area contributed by atoms with Crippen LogP contribution in [0.25, 0.3) is 10.9 Å². The van der Waals surface area contributed by atoms with Gasteiger partial charge in [-0.2, -0.15) is 5.26 Å². The number of fused-ring (bicyclic) bond motifs is 1. The minimum Gasteiger partial charge on any atom is -0.377 e. The Morgan fingerprint density at radius 1 is 1.07 bits per heavy atom. The summed E-state index contributed by atoms with van der Waals surface area (Å²) in [6.45, 7) is 2.12. The van der Waals surface area contributed by atoms with E-state index in [1.165, 1.54) is 12.1 Å². The summed E-state index contributed by atoms with van der Waals surface area (Å²) < 4.78 is 16.5. The molecule has 0 radical (unpaired) electrons. The van der Waals surface area contributed by atoms with Crippen molar-refractivity contribution in [2.24, 2.45) is 0 Å². The molecule has 1 saturated carbocycles. The molecule has 2 heterocycles. The molecule has 2 N–H and O–H groups in total. The molecule has 0 bridgehead atoms. The van der Waals surface area contributed by atoms with Crippen molar-refractivity contribution in [2.75, 3.05) is 10.6 Å². The van der Waals surface area contributed by atoms with Crippen LogP contribution in [0.15, 0.2) is 83.6 Å². The number of halogens is 2. The van der Waals surface area contributed by atoms with Gasteiger partial charge in [0.1, 0.15) is 17.6 Å². The minimum absolute atomic E-state index is 0.0127. The van der Waals surface area contributed by atoms with Crippen molar-refractivity contribution in [1.29, 1.82) is 5.26 Å². The van der Waals surface area contributed by atoms with Gasteiger partial charge in [0.05, 0.1) is 41.1 Å². The van der Waals surface area contributed by atoms with Crippen LogP contribution in [-0.4, -0.2) is 20.0 Å². The third-order valence-corrected chi connectivity index (χ3v) is 7.84. The summed E-state index contributed by atoms with van der Waals surface area (Å²) in [4.78, 5) is 4.59. The van der Waals surface area contributed by atoms with Gasteiger partial charge in [-0.05, 0) is 70.6 Å². The Labute approximate surface area is 240 Å². The highest BCUT2D eigenvalue weighted by Gasteiger charge is 2.27. The number of anilines is 2. The number of nitrogens with one attached hydrogen (secondary N) is 2. The van der Waals surface area contributed by atoms with Crippen LogP contribution >= 0.6 is 15.9 Å². The fourth-order valence-corrected chi connectivity index (χ4v) is 5.52. The van der Waals surface area contributed by atoms with Crippen molar-refractivity contribution >= 4 is 38.2 Å². The monoisotopic (exact) mass is 595 g/mol. The molecule has 200 valence electrons.